The van der Waals surface area contributed by atoms with E-state index in [9.17, 15) is 9.59 Å². The lowest BCUT2D eigenvalue weighted by atomic mass is 10.1. The van der Waals surface area contributed by atoms with Crippen molar-refractivity contribution < 1.29 is 14.2 Å². The van der Waals surface area contributed by atoms with Crippen LogP contribution in [-0.4, -0.2) is 92.1 Å². The number of nitrogens with zero attached hydrogens (tertiary/aromatic N) is 6. The number of para-hydroxylation sites is 2. The molecule has 0 fully saturated rings. The van der Waals surface area contributed by atoms with Gasteiger partial charge in [0.1, 0.15) is 7.05 Å². The molecule has 2 amide bonds. The van der Waals surface area contributed by atoms with Gasteiger partial charge in [-0.3, -0.25) is 9.59 Å². The molecule has 0 N–H and O–H groups in total. The van der Waals surface area contributed by atoms with Gasteiger partial charge >= 0.3 is 0 Å². The molecule has 0 saturated carbocycles. The molecular formula is C41H53N6O2S2+. The molecule has 0 spiro atoms. The van der Waals surface area contributed by atoms with Crippen molar-refractivity contribution in [1.82, 2.24) is 14.4 Å². The van der Waals surface area contributed by atoms with Crippen LogP contribution in [0.1, 0.15) is 35.1 Å². The molecule has 0 aliphatic carbocycles. The molecule has 0 saturated heterocycles. The number of pyridine rings is 1. The van der Waals surface area contributed by atoms with Gasteiger partial charge in [0.25, 0.3) is 0 Å². The van der Waals surface area contributed by atoms with E-state index in [0.29, 0.717) is 24.6 Å². The maximum absolute atomic E-state index is 12.8. The van der Waals surface area contributed by atoms with Gasteiger partial charge in [-0.1, -0.05) is 82.3 Å². The van der Waals surface area contributed by atoms with Crippen molar-refractivity contribution in [2.24, 2.45) is 14.1 Å². The second-order valence-electron chi connectivity index (χ2n) is 12.9. The van der Waals surface area contributed by atoms with E-state index in [1.807, 2.05) is 55.9 Å². The lowest BCUT2D eigenvalue weighted by Gasteiger charge is -2.24. The Morgan fingerprint density at radius 2 is 1.12 bits per heavy atom. The Balaban J connectivity index is 1.11. The van der Waals surface area contributed by atoms with E-state index >= 15 is 0 Å². The van der Waals surface area contributed by atoms with Crippen LogP contribution in [0.2, 0.25) is 0 Å². The second-order valence-corrected chi connectivity index (χ2v) is 15.4. The van der Waals surface area contributed by atoms with Crippen LogP contribution in [0.15, 0.2) is 91.5 Å². The van der Waals surface area contributed by atoms with Crippen LogP contribution in [0.25, 0.3) is 24.3 Å². The average Bonchev–Trinajstić information content (AvgIpc) is 3.56. The smallest absolute Gasteiger partial charge is 0.233 e. The minimum Gasteiger partial charge on any atom is -0.374 e. The summed E-state index contributed by atoms with van der Waals surface area (Å²) in [6.45, 7) is 3.03. The number of carbonyl (C=O) groups excluding carboxylic acids is 2. The Bertz CT molecular complexity index is 1750. The molecule has 0 unspecified atom stereocenters. The van der Waals surface area contributed by atoms with E-state index in [0.717, 1.165) is 48.3 Å². The zero-order valence-electron chi connectivity index (χ0n) is 30.9. The van der Waals surface area contributed by atoms with Crippen LogP contribution in [-0.2, 0) is 23.7 Å². The van der Waals surface area contributed by atoms with Crippen LogP contribution < -0.4 is 14.4 Å². The van der Waals surface area contributed by atoms with Gasteiger partial charge in [-0.25, -0.2) is 4.57 Å². The lowest BCUT2D eigenvalue weighted by Crippen LogP contribution is -2.32. The molecule has 4 rings (SSSR count). The summed E-state index contributed by atoms with van der Waals surface area (Å²) < 4.78 is 4.07. The van der Waals surface area contributed by atoms with Crippen molar-refractivity contribution >= 4 is 69.1 Å². The summed E-state index contributed by atoms with van der Waals surface area (Å²) in [6.07, 6.45) is 18.5. The van der Waals surface area contributed by atoms with E-state index in [1.54, 1.807) is 9.80 Å². The number of rotatable bonds is 19. The van der Waals surface area contributed by atoms with Crippen LogP contribution >= 0.6 is 21.6 Å². The predicted molar refractivity (Wildman–Crippen MR) is 220 cm³/mol. The van der Waals surface area contributed by atoms with Crippen LogP contribution in [0.4, 0.5) is 11.4 Å². The number of carbonyl (C=O) groups is 2. The standard InChI is InChI=1S/C41H53N6O2S2/c1-42-28-21-34(22-29-42)17-19-36-13-7-9-15-38(36)44(3)24-11-26-46(5)40(48)32-50-51-33-41(49)47(6)27-12-25-45(4)39-16-10-8-14-37(39)20-18-35-23-30-43(2)31-35/h7-10,13-23,28-31H,11-12,24-27,32-33H2,1-6H3/q+1/b20-18+. The van der Waals surface area contributed by atoms with Gasteiger partial charge in [0, 0.05) is 97.3 Å². The number of benzene rings is 2. The summed E-state index contributed by atoms with van der Waals surface area (Å²) in [5, 5.41) is 0. The highest BCUT2D eigenvalue weighted by Crippen LogP contribution is 2.24. The van der Waals surface area contributed by atoms with Crippen molar-refractivity contribution in [1.29, 1.82) is 0 Å². The van der Waals surface area contributed by atoms with Crippen molar-refractivity contribution in [3.8, 4) is 0 Å². The summed E-state index contributed by atoms with van der Waals surface area (Å²) in [5.41, 5.74) is 6.98. The number of aryl methyl sites for hydroxylation is 2. The van der Waals surface area contributed by atoms with E-state index in [2.05, 4.69) is 121 Å². The van der Waals surface area contributed by atoms with Gasteiger partial charge in [0.15, 0.2) is 12.4 Å². The minimum atomic E-state index is 0.0810. The Kier molecular flexibility index (Phi) is 15.8. The maximum atomic E-state index is 12.8. The van der Waals surface area contributed by atoms with Crippen molar-refractivity contribution in [3.63, 3.8) is 0 Å². The first-order chi connectivity index (χ1) is 24.6. The van der Waals surface area contributed by atoms with Gasteiger partial charge in [-0.15, -0.1) is 0 Å². The highest BCUT2D eigenvalue weighted by Gasteiger charge is 2.14. The number of amides is 2. The Labute approximate surface area is 312 Å². The van der Waals surface area contributed by atoms with Crippen LogP contribution in [0.5, 0.6) is 0 Å². The molecule has 0 radical (unpaired) electrons. The number of hydrogen-bond donors (Lipinski definition) is 0. The molecule has 0 atom stereocenters. The minimum absolute atomic E-state index is 0.0810. The van der Waals surface area contributed by atoms with E-state index in [4.69, 9.17) is 0 Å². The summed E-state index contributed by atoms with van der Waals surface area (Å²) >= 11 is 0. The van der Waals surface area contributed by atoms with Gasteiger partial charge in [-0.05, 0) is 53.3 Å². The average molecular weight is 726 g/mol. The molecule has 0 aliphatic rings. The number of hydrogen-bond acceptors (Lipinski definition) is 6. The maximum Gasteiger partial charge on any atom is 0.233 e. The summed E-state index contributed by atoms with van der Waals surface area (Å²) in [7, 11) is 14.9. The third-order valence-corrected chi connectivity index (χ3v) is 10.8. The number of anilines is 2. The summed E-state index contributed by atoms with van der Waals surface area (Å²) in [5.74, 6) is 0.862. The van der Waals surface area contributed by atoms with E-state index in [-0.39, 0.29) is 11.8 Å². The summed E-state index contributed by atoms with van der Waals surface area (Å²) in [4.78, 5) is 33.6. The van der Waals surface area contributed by atoms with Crippen molar-refractivity contribution in [3.05, 3.63) is 114 Å². The molecule has 4 aromatic rings. The Morgan fingerprint density at radius 1 is 0.647 bits per heavy atom. The number of aromatic nitrogens is 2. The molecule has 0 aliphatic heterocycles. The normalized spacial score (nSPS) is 11.3. The fourth-order valence-electron chi connectivity index (χ4n) is 5.56. The largest absolute Gasteiger partial charge is 0.374 e. The Morgan fingerprint density at radius 3 is 1.59 bits per heavy atom. The first kappa shape index (κ1) is 39.4. The molecule has 10 heteroatoms. The van der Waals surface area contributed by atoms with Gasteiger partial charge in [0.05, 0.1) is 11.5 Å². The zero-order chi connectivity index (χ0) is 36.6. The van der Waals surface area contributed by atoms with Crippen molar-refractivity contribution in [2.75, 3.05) is 75.7 Å². The molecule has 2 aromatic heterocycles. The molecule has 270 valence electrons. The van der Waals surface area contributed by atoms with Gasteiger partial charge < -0.3 is 24.2 Å². The lowest BCUT2D eigenvalue weighted by molar-refractivity contribution is -0.671. The molecule has 0 bridgehead atoms. The van der Waals surface area contributed by atoms with Crippen molar-refractivity contribution in [2.45, 2.75) is 12.8 Å². The van der Waals surface area contributed by atoms with Crippen LogP contribution in [0.3, 0.4) is 0 Å². The predicted octanol–water partition coefficient (Wildman–Crippen LogP) is 6.84. The topological polar surface area (TPSA) is 55.9 Å². The fourth-order valence-corrected chi connectivity index (χ4v) is 7.47. The first-order valence-corrected chi connectivity index (χ1v) is 19.9. The van der Waals surface area contributed by atoms with Gasteiger partial charge in [0.2, 0.25) is 11.8 Å². The highest BCUT2D eigenvalue weighted by molar-refractivity contribution is 8.77. The van der Waals surface area contributed by atoms with E-state index < -0.39 is 0 Å². The van der Waals surface area contributed by atoms with Gasteiger partial charge in [-0.2, -0.15) is 0 Å². The van der Waals surface area contributed by atoms with Crippen LogP contribution in [0, 0.1) is 0 Å². The molecular weight excluding hydrogens is 673 g/mol. The molecule has 2 heterocycles. The SMILES string of the molecule is CN(CCCN(C)c1ccccc1/C=C/c1cc[n+](C)cc1)C(=O)CSSCC(=O)N(C)CCCN(C)c1ccccc1/C=C/c1ccn(C)c1. The monoisotopic (exact) mass is 725 g/mol. The summed E-state index contributed by atoms with van der Waals surface area (Å²) in [6, 6.07) is 23.1. The molecule has 8 nitrogen and oxygen atoms in total. The quantitative estimate of drug-likeness (QED) is 0.0600. The first-order valence-electron chi connectivity index (χ1n) is 17.4. The molecule has 2 aromatic carbocycles. The Hall–Kier alpha value is -4.41. The molecule has 51 heavy (non-hydrogen) atoms. The fraction of sp³-hybridized carbons (Fsp3) is 0.341. The third kappa shape index (κ3) is 13.0. The zero-order valence-corrected chi connectivity index (χ0v) is 32.6. The highest BCUT2D eigenvalue weighted by atomic mass is 33.1. The third-order valence-electron chi connectivity index (χ3n) is 8.74. The van der Waals surface area contributed by atoms with E-state index in [1.165, 1.54) is 32.8 Å². The second kappa shape index (κ2) is 20.4.